The first-order valence-electron chi connectivity index (χ1n) is 7.07. The molecule has 7 nitrogen and oxygen atoms in total. The van der Waals surface area contributed by atoms with Crippen molar-refractivity contribution < 1.29 is 23.8 Å². The molecule has 2 N–H and O–H groups in total. The van der Waals surface area contributed by atoms with E-state index in [2.05, 4.69) is 4.98 Å². The third-order valence-corrected chi connectivity index (χ3v) is 4.48. The summed E-state index contributed by atoms with van der Waals surface area (Å²) in [5.41, 5.74) is 6.40. The van der Waals surface area contributed by atoms with E-state index >= 15 is 0 Å². The molecule has 1 amide bonds. The molecule has 0 aliphatic carbocycles. The van der Waals surface area contributed by atoms with E-state index in [1.54, 1.807) is 33.3 Å². The highest BCUT2D eigenvalue weighted by molar-refractivity contribution is 7.17. The van der Waals surface area contributed by atoms with Gasteiger partial charge in [0.2, 0.25) is 0 Å². The zero-order valence-electron chi connectivity index (χ0n) is 13.8. The van der Waals surface area contributed by atoms with Gasteiger partial charge in [-0.25, -0.2) is 9.78 Å². The van der Waals surface area contributed by atoms with E-state index in [-0.39, 0.29) is 0 Å². The van der Waals surface area contributed by atoms with Crippen LogP contribution in [0.25, 0.3) is 10.6 Å². The predicted molar refractivity (Wildman–Crippen MR) is 89.5 cm³/mol. The number of hydrogen-bond donors (Lipinski definition) is 1. The molecule has 1 heterocycles. The Kier molecular flexibility index (Phi) is 5.40. The molecule has 128 valence electrons. The zero-order valence-corrected chi connectivity index (χ0v) is 14.6. The van der Waals surface area contributed by atoms with Crippen LogP contribution in [-0.4, -0.2) is 37.2 Å². The molecular weight excluding hydrogens is 332 g/mol. The minimum atomic E-state index is -0.997. The number of thiazole rings is 1. The molecule has 2 rings (SSSR count). The summed E-state index contributed by atoms with van der Waals surface area (Å²) in [7, 11) is 3.10. The number of carbonyl (C=O) groups excluding carboxylic acids is 2. The second-order valence-corrected chi connectivity index (χ2v) is 5.95. The van der Waals surface area contributed by atoms with Crippen molar-refractivity contribution >= 4 is 23.2 Å². The lowest BCUT2D eigenvalue weighted by molar-refractivity contribution is -0.125. The Balaban J connectivity index is 2.31. The van der Waals surface area contributed by atoms with Crippen LogP contribution < -0.4 is 15.2 Å². The molecule has 1 atom stereocenters. The standard InChI is InChI=1S/C16H18N2O5S/c1-8-13(16(20)23-9(2)14(17)19)24-15(18-8)10-5-6-11(21-3)12(7-10)22-4/h5-7,9H,1-4H3,(H2,17,19)/t9-/m0/s1. The number of rotatable bonds is 6. The highest BCUT2D eigenvalue weighted by atomic mass is 32.1. The Morgan fingerprint density at radius 2 is 1.88 bits per heavy atom. The average Bonchev–Trinajstić information content (AvgIpc) is 2.95. The SMILES string of the molecule is COc1ccc(-c2nc(C)c(C(=O)O[C@@H](C)C(N)=O)s2)cc1OC. The fraction of sp³-hybridized carbons (Fsp3) is 0.312. The van der Waals surface area contributed by atoms with Gasteiger partial charge < -0.3 is 19.9 Å². The van der Waals surface area contributed by atoms with Crippen molar-refractivity contribution in [3.8, 4) is 22.1 Å². The van der Waals surface area contributed by atoms with E-state index in [4.69, 9.17) is 19.9 Å². The van der Waals surface area contributed by atoms with Gasteiger partial charge in [-0.05, 0) is 32.0 Å². The number of methoxy groups -OCH3 is 2. The van der Waals surface area contributed by atoms with Gasteiger partial charge in [-0.15, -0.1) is 11.3 Å². The molecule has 1 aromatic heterocycles. The lowest BCUT2D eigenvalue weighted by Crippen LogP contribution is -2.30. The number of nitrogens with zero attached hydrogens (tertiary/aromatic N) is 1. The summed E-state index contributed by atoms with van der Waals surface area (Å²) in [6.07, 6.45) is -0.997. The Bertz CT molecular complexity index is 772. The maximum absolute atomic E-state index is 12.1. The molecule has 0 unspecified atom stereocenters. The van der Waals surface area contributed by atoms with Gasteiger partial charge in [-0.1, -0.05) is 0 Å². The van der Waals surface area contributed by atoms with Crippen molar-refractivity contribution in [1.29, 1.82) is 0 Å². The van der Waals surface area contributed by atoms with Crippen LogP contribution in [-0.2, 0) is 9.53 Å². The van der Waals surface area contributed by atoms with E-state index in [1.807, 2.05) is 6.07 Å². The van der Waals surface area contributed by atoms with Gasteiger partial charge >= 0.3 is 5.97 Å². The first kappa shape index (κ1) is 17.7. The molecule has 1 aromatic carbocycles. The normalized spacial score (nSPS) is 11.7. The maximum Gasteiger partial charge on any atom is 0.351 e. The summed E-state index contributed by atoms with van der Waals surface area (Å²) in [5.74, 6) is -0.160. The van der Waals surface area contributed by atoms with E-state index < -0.39 is 18.0 Å². The molecule has 0 radical (unpaired) electrons. The number of amides is 1. The maximum atomic E-state index is 12.1. The fourth-order valence-electron chi connectivity index (χ4n) is 1.95. The van der Waals surface area contributed by atoms with Crippen LogP contribution in [0.15, 0.2) is 18.2 Å². The summed E-state index contributed by atoms with van der Waals surface area (Å²) in [4.78, 5) is 27.9. The Labute approximate surface area is 143 Å². The predicted octanol–water partition coefficient (Wildman–Crippen LogP) is 2.17. The van der Waals surface area contributed by atoms with Crippen molar-refractivity contribution in [1.82, 2.24) is 4.98 Å². The molecule has 0 spiro atoms. The number of nitrogens with two attached hydrogens (primary N) is 1. The smallest absolute Gasteiger partial charge is 0.351 e. The number of hydrogen-bond acceptors (Lipinski definition) is 7. The van der Waals surface area contributed by atoms with Gasteiger partial charge in [0.05, 0.1) is 19.9 Å². The quantitative estimate of drug-likeness (QED) is 0.801. The molecule has 0 saturated carbocycles. The average molecular weight is 350 g/mol. The van der Waals surface area contributed by atoms with Gasteiger partial charge in [0.1, 0.15) is 9.88 Å². The van der Waals surface area contributed by atoms with Crippen LogP contribution in [0, 0.1) is 6.92 Å². The van der Waals surface area contributed by atoms with Crippen molar-refractivity contribution in [2.45, 2.75) is 20.0 Å². The summed E-state index contributed by atoms with van der Waals surface area (Å²) < 4.78 is 15.5. The highest BCUT2D eigenvalue weighted by Gasteiger charge is 2.22. The number of benzene rings is 1. The van der Waals surface area contributed by atoms with Crippen molar-refractivity contribution in [3.05, 3.63) is 28.8 Å². The van der Waals surface area contributed by atoms with Crippen molar-refractivity contribution in [2.75, 3.05) is 14.2 Å². The third kappa shape index (κ3) is 3.65. The zero-order chi connectivity index (χ0) is 17.9. The number of primary amides is 1. The summed E-state index contributed by atoms with van der Waals surface area (Å²) in [6.45, 7) is 3.12. The first-order chi connectivity index (χ1) is 11.4. The van der Waals surface area contributed by atoms with Crippen LogP contribution in [0.2, 0.25) is 0 Å². The molecule has 0 aliphatic heterocycles. The molecule has 0 saturated heterocycles. The minimum absolute atomic E-state index is 0.327. The highest BCUT2D eigenvalue weighted by Crippen LogP contribution is 2.35. The van der Waals surface area contributed by atoms with Crippen LogP contribution in [0.1, 0.15) is 22.3 Å². The topological polar surface area (TPSA) is 101 Å². The Morgan fingerprint density at radius 3 is 2.46 bits per heavy atom. The molecular formula is C16H18N2O5S. The number of ether oxygens (including phenoxy) is 3. The summed E-state index contributed by atoms with van der Waals surface area (Å²) >= 11 is 1.17. The van der Waals surface area contributed by atoms with Gasteiger partial charge in [0, 0.05) is 5.56 Å². The number of carbonyl (C=O) groups is 2. The van der Waals surface area contributed by atoms with E-state index in [9.17, 15) is 9.59 Å². The van der Waals surface area contributed by atoms with Gasteiger partial charge in [-0.3, -0.25) is 4.79 Å². The fourth-order valence-corrected chi connectivity index (χ4v) is 2.90. The third-order valence-electron chi connectivity index (χ3n) is 3.30. The van der Waals surface area contributed by atoms with Crippen LogP contribution >= 0.6 is 11.3 Å². The Hall–Kier alpha value is -2.61. The lowest BCUT2D eigenvalue weighted by Gasteiger charge is -2.08. The second kappa shape index (κ2) is 7.31. The molecule has 2 aromatic rings. The van der Waals surface area contributed by atoms with Crippen molar-refractivity contribution in [2.24, 2.45) is 5.73 Å². The molecule has 0 fully saturated rings. The minimum Gasteiger partial charge on any atom is -0.493 e. The van der Waals surface area contributed by atoms with Gasteiger partial charge in [0.25, 0.3) is 5.91 Å². The number of aryl methyl sites for hydroxylation is 1. The monoisotopic (exact) mass is 350 g/mol. The van der Waals surface area contributed by atoms with Crippen LogP contribution in [0.3, 0.4) is 0 Å². The van der Waals surface area contributed by atoms with Crippen LogP contribution in [0.4, 0.5) is 0 Å². The largest absolute Gasteiger partial charge is 0.493 e. The molecule has 24 heavy (non-hydrogen) atoms. The van der Waals surface area contributed by atoms with E-state index in [0.717, 1.165) is 5.56 Å². The molecule has 0 aliphatic rings. The molecule has 0 bridgehead atoms. The first-order valence-corrected chi connectivity index (χ1v) is 7.89. The number of esters is 1. The summed E-state index contributed by atoms with van der Waals surface area (Å²) in [6, 6.07) is 5.36. The second-order valence-electron chi connectivity index (χ2n) is 4.95. The Morgan fingerprint density at radius 1 is 1.21 bits per heavy atom. The van der Waals surface area contributed by atoms with Crippen LogP contribution in [0.5, 0.6) is 11.5 Å². The van der Waals surface area contributed by atoms with Gasteiger partial charge in [-0.2, -0.15) is 0 Å². The number of aromatic nitrogens is 1. The van der Waals surface area contributed by atoms with E-state index in [1.165, 1.54) is 18.3 Å². The summed E-state index contributed by atoms with van der Waals surface area (Å²) in [5, 5.41) is 0.632. The molecule has 8 heteroatoms. The van der Waals surface area contributed by atoms with E-state index in [0.29, 0.717) is 27.1 Å². The van der Waals surface area contributed by atoms with Crippen molar-refractivity contribution in [3.63, 3.8) is 0 Å². The lowest BCUT2D eigenvalue weighted by atomic mass is 10.2. The van der Waals surface area contributed by atoms with Gasteiger partial charge in [0.15, 0.2) is 17.6 Å².